The number of guanidine groups is 1. The summed E-state index contributed by atoms with van der Waals surface area (Å²) >= 11 is 0. The fourth-order valence-corrected chi connectivity index (χ4v) is 2.96. The molecule has 2 aromatic rings. The molecule has 0 unspecified atom stereocenters. The zero-order chi connectivity index (χ0) is 17.3. The number of nitrogens with one attached hydrogen (secondary N) is 1. The zero-order valence-corrected chi connectivity index (χ0v) is 14.5. The van der Waals surface area contributed by atoms with E-state index in [1.807, 2.05) is 36.5 Å². The maximum Gasteiger partial charge on any atom is 0.213 e. The summed E-state index contributed by atoms with van der Waals surface area (Å²) in [5.74, 6) is 1.16. The number of hydrogen-bond acceptors (Lipinski definition) is 3. The molecule has 1 aromatic carbocycles. The van der Waals surface area contributed by atoms with Gasteiger partial charge in [-0.05, 0) is 43.2 Å². The van der Waals surface area contributed by atoms with Gasteiger partial charge in [0.15, 0.2) is 5.96 Å². The van der Waals surface area contributed by atoms with Gasteiger partial charge in [-0.3, -0.25) is 0 Å². The van der Waals surface area contributed by atoms with Crippen LogP contribution in [0.2, 0.25) is 0 Å². The highest BCUT2D eigenvalue weighted by Gasteiger charge is 2.16. The Kier molecular flexibility index (Phi) is 6.26. The standard InChI is InChI=1S/C20H26N4O/c21-20(22-13-12-16-6-2-1-3-7-16)24-15-17-10-11-19(23-14-17)25-18-8-4-5-9-18/h1-3,6-7,10-11,14,18H,4-5,8-9,12-13,15H2,(H3,21,22,24). The highest BCUT2D eigenvalue weighted by atomic mass is 16.5. The van der Waals surface area contributed by atoms with Gasteiger partial charge in [0.1, 0.15) is 6.10 Å². The Bertz CT molecular complexity index is 664. The maximum absolute atomic E-state index is 5.92. The quantitative estimate of drug-likeness (QED) is 0.601. The van der Waals surface area contributed by atoms with Crippen LogP contribution in [0.3, 0.4) is 0 Å². The summed E-state index contributed by atoms with van der Waals surface area (Å²) in [6.45, 7) is 1.28. The fourth-order valence-electron chi connectivity index (χ4n) is 2.96. The van der Waals surface area contributed by atoms with E-state index in [2.05, 4.69) is 27.4 Å². The Morgan fingerprint density at radius 1 is 1.12 bits per heavy atom. The molecule has 1 fully saturated rings. The van der Waals surface area contributed by atoms with Gasteiger partial charge < -0.3 is 15.8 Å². The number of rotatable bonds is 7. The van der Waals surface area contributed by atoms with Gasteiger partial charge in [0, 0.05) is 18.8 Å². The topological polar surface area (TPSA) is 72.5 Å². The van der Waals surface area contributed by atoms with Crippen molar-refractivity contribution in [2.45, 2.75) is 44.8 Å². The minimum atomic E-state index is 0.334. The van der Waals surface area contributed by atoms with Crippen LogP contribution >= 0.6 is 0 Å². The van der Waals surface area contributed by atoms with E-state index in [4.69, 9.17) is 10.5 Å². The Balaban J connectivity index is 1.41. The second kappa shape index (κ2) is 9.06. The Morgan fingerprint density at radius 2 is 1.92 bits per heavy atom. The SMILES string of the molecule is NC(=NCc1ccc(OC2CCCC2)nc1)NCCc1ccccc1. The van der Waals surface area contributed by atoms with Gasteiger partial charge >= 0.3 is 0 Å². The molecule has 25 heavy (non-hydrogen) atoms. The average Bonchev–Trinajstić information content (AvgIpc) is 3.15. The zero-order valence-electron chi connectivity index (χ0n) is 14.5. The predicted octanol–water partition coefficient (Wildman–Crippen LogP) is 3.05. The maximum atomic E-state index is 5.92. The summed E-state index contributed by atoms with van der Waals surface area (Å²) in [5.41, 5.74) is 8.22. The van der Waals surface area contributed by atoms with Crippen molar-refractivity contribution in [3.8, 4) is 5.88 Å². The largest absolute Gasteiger partial charge is 0.474 e. The molecule has 3 rings (SSSR count). The first-order chi connectivity index (χ1) is 12.3. The van der Waals surface area contributed by atoms with E-state index >= 15 is 0 Å². The average molecular weight is 338 g/mol. The van der Waals surface area contributed by atoms with Gasteiger partial charge in [-0.2, -0.15) is 0 Å². The summed E-state index contributed by atoms with van der Waals surface area (Å²) in [5, 5.41) is 3.14. The van der Waals surface area contributed by atoms with Crippen molar-refractivity contribution in [1.82, 2.24) is 10.3 Å². The number of ether oxygens (including phenoxy) is 1. The van der Waals surface area contributed by atoms with Crippen molar-refractivity contribution in [3.05, 3.63) is 59.8 Å². The van der Waals surface area contributed by atoms with Gasteiger partial charge in [-0.1, -0.05) is 36.4 Å². The molecule has 0 saturated heterocycles. The van der Waals surface area contributed by atoms with Crippen LogP contribution < -0.4 is 15.8 Å². The van der Waals surface area contributed by atoms with Crippen LogP contribution in [0.15, 0.2) is 53.7 Å². The first kappa shape index (κ1) is 17.3. The summed E-state index contributed by atoms with van der Waals surface area (Å²) in [6, 6.07) is 14.2. The predicted molar refractivity (Wildman–Crippen MR) is 101 cm³/mol. The van der Waals surface area contributed by atoms with Crippen molar-refractivity contribution in [2.24, 2.45) is 10.7 Å². The number of aliphatic imine (C=N–C) groups is 1. The molecule has 132 valence electrons. The lowest BCUT2D eigenvalue weighted by molar-refractivity contribution is 0.201. The summed E-state index contributed by atoms with van der Waals surface area (Å²) in [7, 11) is 0. The molecule has 1 aliphatic carbocycles. The second-order valence-corrected chi connectivity index (χ2v) is 6.39. The third-order valence-electron chi connectivity index (χ3n) is 4.38. The van der Waals surface area contributed by atoms with Crippen molar-refractivity contribution in [1.29, 1.82) is 0 Å². The van der Waals surface area contributed by atoms with E-state index in [-0.39, 0.29) is 0 Å². The van der Waals surface area contributed by atoms with Gasteiger partial charge in [0.05, 0.1) is 6.54 Å². The highest BCUT2D eigenvalue weighted by molar-refractivity contribution is 5.77. The van der Waals surface area contributed by atoms with Gasteiger partial charge in [-0.15, -0.1) is 0 Å². The Labute approximate surface area is 149 Å². The van der Waals surface area contributed by atoms with Crippen LogP contribution in [-0.4, -0.2) is 23.6 Å². The molecule has 0 radical (unpaired) electrons. The van der Waals surface area contributed by atoms with E-state index in [0.29, 0.717) is 24.5 Å². The number of aromatic nitrogens is 1. The number of hydrogen-bond donors (Lipinski definition) is 2. The second-order valence-electron chi connectivity index (χ2n) is 6.39. The van der Waals surface area contributed by atoms with E-state index in [0.717, 1.165) is 31.4 Å². The number of nitrogens with zero attached hydrogens (tertiary/aromatic N) is 2. The smallest absolute Gasteiger partial charge is 0.213 e. The summed E-state index contributed by atoms with van der Waals surface area (Å²) in [4.78, 5) is 8.73. The summed E-state index contributed by atoms with van der Waals surface area (Å²) < 4.78 is 5.87. The molecular weight excluding hydrogens is 312 g/mol. The first-order valence-corrected chi connectivity index (χ1v) is 8.99. The summed E-state index contributed by atoms with van der Waals surface area (Å²) in [6.07, 6.45) is 7.86. The van der Waals surface area contributed by atoms with Crippen LogP contribution in [0, 0.1) is 0 Å². The minimum absolute atomic E-state index is 0.334. The molecular formula is C20H26N4O. The van der Waals surface area contributed by atoms with Gasteiger partial charge in [0.2, 0.25) is 5.88 Å². The van der Waals surface area contributed by atoms with Crippen LogP contribution in [0.25, 0.3) is 0 Å². The Hall–Kier alpha value is -2.56. The van der Waals surface area contributed by atoms with Crippen LogP contribution in [-0.2, 0) is 13.0 Å². The van der Waals surface area contributed by atoms with Crippen molar-refractivity contribution in [2.75, 3.05) is 6.54 Å². The molecule has 0 atom stereocenters. The van der Waals surface area contributed by atoms with E-state index in [9.17, 15) is 0 Å². The number of benzene rings is 1. The molecule has 1 heterocycles. The molecule has 1 saturated carbocycles. The highest BCUT2D eigenvalue weighted by Crippen LogP contribution is 2.22. The van der Waals surface area contributed by atoms with Crippen LogP contribution in [0.4, 0.5) is 0 Å². The van der Waals surface area contributed by atoms with Gasteiger partial charge in [0.25, 0.3) is 0 Å². The van der Waals surface area contributed by atoms with Gasteiger partial charge in [-0.25, -0.2) is 9.98 Å². The van der Waals surface area contributed by atoms with Crippen LogP contribution in [0.1, 0.15) is 36.8 Å². The normalized spacial score (nSPS) is 15.3. The van der Waals surface area contributed by atoms with E-state index < -0.39 is 0 Å². The van der Waals surface area contributed by atoms with E-state index in [1.54, 1.807) is 0 Å². The lowest BCUT2D eigenvalue weighted by Crippen LogP contribution is -2.33. The fraction of sp³-hybridized carbons (Fsp3) is 0.400. The molecule has 1 aliphatic rings. The Morgan fingerprint density at radius 3 is 2.64 bits per heavy atom. The lowest BCUT2D eigenvalue weighted by Gasteiger charge is -2.11. The molecule has 0 aliphatic heterocycles. The first-order valence-electron chi connectivity index (χ1n) is 8.99. The van der Waals surface area contributed by atoms with Crippen molar-refractivity contribution in [3.63, 3.8) is 0 Å². The van der Waals surface area contributed by atoms with E-state index in [1.165, 1.54) is 18.4 Å². The molecule has 0 bridgehead atoms. The molecule has 5 heteroatoms. The monoisotopic (exact) mass is 338 g/mol. The lowest BCUT2D eigenvalue weighted by atomic mass is 10.1. The molecule has 0 spiro atoms. The molecule has 1 aromatic heterocycles. The number of nitrogens with two attached hydrogens (primary N) is 1. The third-order valence-corrected chi connectivity index (χ3v) is 4.38. The third kappa shape index (κ3) is 5.78. The minimum Gasteiger partial charge on any atom is -0.474 e. The molecule has 3 N–H and O–H groups in total. The van der Waals surface area contributed by atoms with Crippen molar-refractivity contribution >= 4 is 5.96 Å². The number of pyridine rings is 1. The molecule has 5 nitrogen and oxygen atoms in total. The van der Waals surface area contributed by atoms with Crippen molar-refractivity contribution < 1.29 is 4.74 Å². The molecule has 0 amide bonds. The van der Waals surface area contributed by atoms with Crippen LogP contribution in [0.5, 0.6) is 5.88 Å².